The molecule has 3 nitrogen and oxygen atoms in total. The Balaban J connectivity index is 2.99. The molecule has 0 saturated heterocycles. The monoisotopic (exact) mass is 339 g/mol. The van der Waals surface area contributed by atoms with E-state index in [1.807, 2.05) is 0 Å². The Morgan fingerprint density at radius 3 is 2.58 bits per heavy atom. The van der Waals surface area contributed by atoms with Gasteiger partial charge in [0.25, 0.3) is 5.91 Å². The van der Waals surface area contributed by atoms with Gasteiger partial charge in [-0.05, 0) is 24.6 Å². The molecule has 0 aliphatic heterocycles. The maximum atomic E-state index is 12.7. The number of amides is 1. The van der Waals surface area contributed by atoms with Crippen molar-refractivity contribution >= 4 is 21.8 Å². The van der Waals surface area contributed by atoms with Gasteiger partial charge >= 0.3 is 6.18 Å². The Kier molecular flexibility index (Phi) is 5.37. The molecule has 1 aromatic carbocycles. The first-order valence-corrected chi connectivity index (χ1v) is 6.37. The molecule has 1 rings (SSSR count). The molecule has 0 saturated carbocycles. The lowest BCUT2D eigenvalue weighted by Crippen LogP contribution is -2.37. The first-order valence-electron chi connectivity index (χ1n) is 5.58. The van der Waals surface area contributed by atoms with Crippen LogP contribution in [0.1, 0.15) is 29.3 Å². The van der Waals surface area contributed by atoms with Gasteiger partial charge in [0.1, 0.15) is 0 Å². The van der Waals surface area contributed by atoms with Gasteiger partial charge in [-0.2, -0.15) is 13.2 Å². The van der Waals surface area contributed by atoms with Gasteiger partial charge in [-0.1, -0.05) is 22.9 Å². The van der Waals surface area contributed by atoms with Crippen LogP contribution in [0.5, 0.6) is 0 Å². The van der Waals surface area contributed by atoms with Crippen LogP contribution in [0.15, 0.2) is 22.7 Å². The first kappa shape index (κ1) is 16.0. The van der Waals surface area contributed by atoms with Crippen molar-refractivity contribution in [1.29, 1.82) is 0 Å². The smallest absolute Gasteiger partial charge is 0.394 e. The van der Waals surface area contributed by atoms with Gasteiger partial charge in [0.15, 0.2) is 0 Å². The molecule has 7 heteroatoms. The highest BCUT2D eigenvalue weighted by atomic mass is 79.9. The summed E-state index contributed by atoms with van der Waals surface area (Å²) >= 11 is 2.80. The Labute approximate surface area is 116 Å². The summed E-state index contributed by atoms with van der Waals surface area (Å²) in [7, 11) is 0. The van der Waals surface area contributed by atoms with Crippen LogP contribution in [0.4, 0.5) is 13.2 Å². The van der Waals surface area contributed by atoms with Crippen LogP contribution >= 0.6 is 15.9 Å². The second-order valence-electron chi connectivity index (χ2n) is 3.95. The summed E-state index contributed by atoms with van der Waals surface area (Å²) in [6.45, 7) is 1.49. The van der Waals surface area contributed by atoms with Gasteiger partial charge < -0.3 is 10.4 Å². The molecule has 0 bridgehead atoms. The molecule has 0 aromatic heterocycles. The van der Waals surface area contributed by atoms with Crippen LogP contribution in [0, 0.1) is 0 Å². The highest BCUT2D eigenvalue weighted by Crippen LogP contribution is 2.35. The zero-order chi connectivity index (χ0) is 14.6. The Morgan fingerprint density at radius 1 is 1.47 bits per heavy atom. The Hall–Kier alpha value is -1.08. The molecule has 106 valence electrons. The second-order valence-corrected chi connectivity index (χ2v) is 4.81. The van der Waals surface area contributed by atoms with Crippen molar-refractivity contribution in [2.24, 2.45) is 0 Å². The summed E-state index contributed by atoms with van der Waals surface area (Å²) in [5.74, 6) is -0.640. The van der Waals surface area contributed by atoms with Crippen LogP contribution in [0.25, 0.3) is 0 Å². The molecule has 0 unspecified atom stereocenters. The molecule has 0 spiro atoms. The van der Waals surface area contributed by atoms with Crippen LogP contribution in [-0.4, -0.2) is 23.7 Å². The van der Waals surface area contributed by atoms with Gasteiger partial charge in [0.05, 0.1) is 18.2 Å². The van der Waals surface area contributed by atoms with Crippen LogP contribution in [-0.2, 0) is 6.18 Å². The fourth-order valence-corrected chi connectivity index (χ4v) is 1.90. The van der Waals surface area contributed by atoms with E-state index in [4.69, 9.17) is 5.11 Å². The van der Waals surface area contributed by atoms with Crippen molar-refractivity contribution in [3.63, 3.8) is 0 Å². The lowest BCUT2D eigenvalue weighted by atomic mass is 10.1. The molecule has 2 N–H and O–H groups in total. The number of halogens is 4. The summed E-state index contributed by atoms with van der Waals surface area (Å²) < 4.78 is 37.9. The zero-order valence-corrected chi connectivity index (χ0v) is 11.7. The maximum absolute atomic E-state index is 12.7. The van der Waals surface area contributed by atoms with E-state index in [9.17, 15) is 18.0 Å². The zero-order valence-electron chi connectivity index (χ0n) is 10.1. The standard InChI is InChI=1S/C12H13BrF3NO2/c1-2-8(6-18)17-11(19)7-3-4-10(13)9(5-7)12(14,15)16/h3-5,8,18H,2,6H2,1H3,(H,17,19)/t8-/m1/s1. The third kappa shape index (κ3) is 4.21. The first-order chi connectivity index (χ1) is 8.79. The van der Waals surface area contributed by atoms with E-state index < -0.39 is 23.7 Å². The highest BCUT2D eigenvalue weighted by molar-refractivity contribution is 9.10. The molecule has 19 heavy (non-hydrogen) atoms. The topological polar surface area (TPSA) is 49.3 Å². The van der Waals surface area contributed by atoms with Crippen LogP contribution in [0.3, 0.4) is 0 Å². The molecule has 0 fully saturated rings. The number of nitrogens with one attached hydrogen (secondary N) is 1. The number of benzene rings is 1. The number of aliphatic hydroxyl groups excluding tert-OH is 1. The Bertz CT molecular complexity index is 459. The highest BCUT2D eigenvalue weighted by Gasteiger charge is 2.33. The summed E-state index contributed by atoms with van der Waals surface area (Å²) in [4.78, 5) is 11.8. The minimum atomic E-state index is -4.53. The van der Waals surface area contributed by atoms with E-state index in [1.54, 1.807) is 6.92 Å². The van der Waals surface area contributed by atoms with Gasteiger partial charge in [-0.3, -0.25) is 4.79 Å². The molecule has 0 radical (unpaired) electrons. The van der Waals surface area contributed by atoms with E-state index in [-0.39, 0.29) is 16.6 Å². The molecular weight excluding hydrogens is 327 g/mol. The van der Waals surface area contributed by atoms with Crippen LogP contribution < -0.4 is 5.32 Å². The minimum Gasteiger partial charge on any atom is -0.394 e. The predicted octanol–water partition coefficient (Wildman–Crippen LogP) is 2.97. The number of carbonyl (C=O) groups excluding carboxylic acids is 1. The predicted molar refractivity (Wildman–Crippen MR) is 67.8 cm³/mol. The summed E-state index contributed by atoms with van der Waals surface area (Å²) in [6, 6.07) is 2.78. The third-order valence-corrected chi connectivity index (χ3v) is 3.27. The van der Waals surface area contributed by atoms with Crippen molar-refractivity contribution in [2.45, 2.75) is 25.6 Å². The normalized spacial score (nSPS) is 13.2. The lowest BCUT2D eigenvalue weighted by Gasteiger charge is -2.15. The molecule has 0 aliphatic rings. The number of hydrogen-bond acceptors (Lipinski definition) is 2. The van der Waals surface area contributed by atoms with Gasteiger partial charge in [-0.25, -0.2) is 0 Å². The van der Waals surface area contributed by atoms with Gasteiger partial charge in [0.2, 0.25) is 0 Å². The van der Waals surface area contributed by atoms with Crippen molar-refractivity contribution in [1.82, 2.24) is 5.32 Å². The minimum absolute atomic E-state index is 0.0950. The number of rotatable bonds is 4. The molecule has 1 atom stereocenters. The van der Waals surface area contributed by atoms with Crippen molar-refractivity contribution < 1.29 is 23.1 Å². The second kappa shape index (κ2) is 6.38. The van der Waals surface area contributed by atoms with Crippen molar-refractivity contribution in [2.75, 3.05) is 6.61 Å². The van der Waals surface area contributed by atoms with E-state index in [0.29, 0.717) is 6.42 Å². The summed E-state index contributed by atoms with van der Waals surface area (Å²) in [5.41, 5.74) is -1.00. The quantitative estimate of drug-likeness (QED) is 0.885. The third-order valence-electron chi connectivity index (χ3n) is 2.58. The van der Waals surface area contributed by atoms with E-state index >= 15 is 0 Å². The number of carbonyl (C=O) groups is 1. The fourth-order valence-electron chi connectivity index (χ4n) is 1.43. The average molecular weight is 340 g/mol. The SMILES string of the molecule is CC[C@H](CO)NC(=O)c1ccc(Br)c(C(F)(F)F)c1. The maximum Gasteiger partial charge on any atom is 0.417 e. The van der Waals surface area contributed by atoms with Crippen molar-refractivity contribution in [3.05, 3.63) is 33.8 Å². The van der Waals surface area contributed by atoms with E-state index in [1.165, 1.54) is 12.1 Å². The number of alkyl halides is 3. The van der Waals surface area contributed by atoms with E-state index in [0.717, 1.165) is 6.07 Å². The lowest BCUT2D eigenvalue weighted by molar-refractivity contribution is -0.138. The molecule has 1 aromatic rings. The summed E-state index contributed by atoms with van der Waals surface area (Å²) in [6.07, 6.45) is -4.04. The van der Waals surface area contributed by atoms with Crippen LogP contribution in [0.2, 0.25) is 0 Å². The van der Waals surface area contributed by atoms with Gasteiger partial charge in [0, 0.05) is 10.0 Å². The number of hydrogen-bond donors (Lipinski definition) is 2. The largest absolute Gasteiger partial charge is 0.417 e. The number of aliphatic hydroxyl groups is 1. The fraction of sp³-hybridized carbons (Fsp3) is 0.417. The van der Waals surface area contributed by atoms with Gasteiger partial charge in [-0.15, -0.1) is 0 Å². The molecule has 0 heterocycles. The van der Waals surface area contributed by atoms with Crippen molar-refractivity contribution in [3.8, 4) is 0 Å². The summed E-state index contributed by atoms with van der Waals surface area (Å²) in [5, 5.41) is 11.4. The molecular formula is C12H13BrF3NO2. The Morgan fingerprint density at radius 2 is 2.11 bits per heavy atom. The molecule has 1 amide bonds. The average Bonchev–Trinajstić information content (AvgIpc) is 2.34. The molecule has 0 aliphatic carbocycles. The van der Waals surface area contributed by atoms with E-state index in [2.05, 4.69) is 21.2 Å².